The van der Waals surface area contributed by atoms with Gasteiger partial charge in [0.2, 0.25) is 5.91 Å². The largest absolute Gasteiger partial charge is 0.319 e. The Bertz CT molecular complexity index is 351. The van der Waals surface area contributed by atoms with Crippen molar-refractivity contribution in [1.82, 2.24) is 10.3 Å². The van der Waals surface area contributed by atoms with E-state index in [9.17, 15) is 4.79 Å². The number of hydrogen-bond donors (Lipinski definition) is 1. The topological polar surface area (TPSA) is 45.2 Å². The Labute approximate surface area is 101 Å². The molecule has 0 fully saturated rings. The first-order valence-corrected chi connectivity index (χ1v) is 6.36. The maximum atomic E-state index is 12.1. The highest BCUT2D eigenvalue weighted by molar-refractivity contribution is 7.14. The summed E-state index contributed by atoms with van der Waals surface area (Å²) in [5.74, 6) is 0.111. The number of aromatic nitrogens is 1. The minimum absolute atomic E-state index is 0.0193. The molecule has 0 bridgehead atoms. The molecular formula is C11H19N3OS. The Morgan fingerprint density at radius 3 is 2.81 bits per heavy atom. The van der Waals surface area contributed by atoms with E-state index in [1.165, 1.54) is 11.3 Å². The smallest absolute Gasteiger partial charge is 0.232 e. The molecule has 0 saturated heterocycles. The highest BCUT2D eigenvalue weighted by Gasteiger charge is 2.21. The number of carbonyl (C=O) groups is 1. The van der Waals surface area contributed by atoms with Gasteiger partial charge in [-0.15, -0.1) is 11.3 Å². The van der Waals surface area contributed by atoms with Crippen molar-refractivity contribution >= 4 is 22.4 Å². The number of carbonyl (C=O) groups excluding carboxylic acids is 1. The molecule has 0 aliphatic heterocycles. The summed E-state index contributed by atoms with van der Waals surface area (Å²) in [5, 5.41) is 5.78. The van der Waals surface area contributed by atoms with Gasteiger partial charge in [-0.2, -0.15) is 0 Å². The van der Waals surface area contributed by atoms with Gasteiger partial charge in [0, 0.05) is 24.4 Å². The van der Waals surface area contributed by atoms with E-state index in [0.717, 1.165) is 10.8 Å². The van der Waals surface area contributed by atoms with Crippen LogP contribution in [-0.2, 0) is 4.79 Å². The maximum absolute atomic E-state index is 12.1. The summed E-state index contributed by atoms with van der Waals surface area (Å²) in [4.78, 5) is 18.2. The number of aryl methyl sites for hydroxylation is 1. The summed E-state index contributed by atoms with van der Waals surface area (Å²) in [6.45, 7) is 7.21. The van der Waals surface area contributed by atoms with Gasteiger partial charge in [-0.05, 0) is 20.9 Å². The summed E-state index contributed by atoms with van der Waals surface area (Å²) < 4.78 is 0. The molecule has 0 aliphatic rings. The molecule has 1 N–H and O–H groups in total. The van der Waals surface area contributed by atoms with E-state index in [-0.39, 0.29) is 11.8 Å². The van der Waals surface area contributed by atoms with E-state index < -0.39 is 0 Å². The van der Waals surface area contributed by atoms with Crippen molar-refractivity contribution in [2.24, 2.45) is 5.92 Å². The Morgan fingerprint density at radius 2 is 2.38 bits per heavy atom. The van der Waals surface area contributed by atoms with Crippen molar-refractivity contribution in [3.63, 3.8) is 0 Å². The number of rotatable bonds is 5. The molecule has 1 atom stereocenters. The third kappa shape index (κ3) is 3.02. The number of nitrogens with zero attached hydrogens (tertiary/aromatic N) is 2. The fourth-order valence-electron chi connectivity index (χ4n) is 1.51. The predicted molar refractivity (Wildman–Crippen MR) is 68.0 cm³/mol. The molecule has 1 unspecified atom stereocenters. The molecule has 1 aromatic heterocycles. The summed E-state index contributed by atoms with van der Waals surface area (Å²) in [7, 11) is 1.85. The number of nitrogens with one attached hydrogen (secondary N) is 1. The predicted octanol–water partition coefficient (Wildman–Crippen LogP) is 1.66. The van der Waals surface area contributed by atoms with Gasteiger partial charge >= 0.3 is 0 Å². The molecule has 1 amide bonds. The highest BCUT2D eigenvalue weighted by Crippen LogP contribution is 2.21. The Morgan fingerprint density at radius 1 is 1.69 bits per heavy atom. The molecular weight excluding hydrogens is 222 g/mol. The standard InChI is InChI=1S/C11H19N3OS/c1-5-14(10(15)8(2)6-12-4)11-13-9(3)7-16-11/h7-8,12H,5-6H2,1-4H3. The fraction of sp³-hybridized carbons (Fsp3) is 0.636. The second kappa shape index (κ2) is 5.96. The minimum Gasteiger partial charge on any atom is -0.319 e. The zero-order valence-corrected chi connectivity index (χ0v) is 11.1. The van der Waals surface area contributed by atoms with Gasteiger partial charge in [0.15, 0.2) is 5.13 Å². The molecule has 1 rings (SSSR count). The third-order valence-electron chi connectivity index (χ3n) is 2.35. The molecule has 16 heavy (non-hydrogen) atoms. The van der Waals surface area contributed by atoms with Crippen LogP contribution in [0.1, 0.15) is 19.5 Å². The Kier molecular flexibility index (Phi) is 4.89. The highest BCUT2D eigenvalue weighted by atomic mass is 32.1. The second-order valence-electron chi connectivity index (χ2n) is 3.81. The van der Waals surface area contributed by atoms with Crippen LogP contribution in [0.2, 0.25) is 0 Å². The third-order valence-corrected chi connectivity index (χ3v) is 3.33. The van der Waals surface area contributed by atoms with Gasteiger partial charge in [-0.3, -0.25) is 9.69 Å². The van der Waals surface area contributed by atoms with Crippen LogP contribution in [-0.4, -0.2) is 31.0 Å². The monoisotopic (exact) mass is 241 g/mol. The van der Waals surface area contributed by atoms with Crippen molar-refractivity contribution in [1.29, 1.82) is 0 Å². The van der Waals surface area contributed by atoms with E-state index in [1.807, 2.05) is 33.2 Å². The zero-order chi connectivity index (χ0) is 12.1. The van der Waals surface area contributed by atoms with Crippen LogP contribution in [0.25, 0.3) is 0 Å². The van der Waals surface area contributed by atoms with Gasteiger partial charge in [0.05, 0.1) is 5.69 Å². The van der Waals surface area contributed by atoms with Crippen LogP contribution in [0, 0.1) is 12.8 Å². The number of anilines is 1. The lowest BCUT2D eigenvalue weighted by atomic mass is 10.1. The lowest BCUT2D eigenvalue weighted by Gasteiger charge is -2.21. The average molecular weight is 241 g/mol. The number of amides is 1. The molecule has 0 saturated carbocycles. The lowest BCUT2D eigenvalue weighted by molar-refractivity contribution is -0.121. The minimum atomic E-state index is -0.0193. The molecule has 5 heteroatoms. The first kappa shape index (κ1) is 13.1. The molecule has 0 aliphatic carbocycles. The van der Waals surface area contributed by atoms with Gasteiger partial charge in [-0.1, -0.05) is 6.92 Å². The molecule has 1 heterocycles. The number of hydrogen-bond acceptors (Lipinski definition) is 4. The fourth-order valence-corrected chi connectivity index (χ4v) is 2.38. The van der Waals surface area contributed by atoms with E-state index >= 15 is 0 Å². The van der Waals surface area contributed by atoms with Crippen molar-refractivity contribution in [3.8, 4) is 0 Å². The van der Waals surface area contributed by atoms with Crippen LogP contribution >= 0.6 is 11.3 Å². The van der Waals surface area contributed by atoms with Gasteiger partial charge in [0.1, 0.15) is 0 Å². The Balaban J connectivity index is 2.78. The molecule has 0 aromatic carbocycles. The quantitative estimate of drug-likeness (QED) is 0.852. The van der Waals surface area contributed by atoms with Crippen molar-refractivity contribution in [2.45, 2.75) is 20.8 Å². The summed E-state index contributed by atoms with van der Waals surface area (Å²) >= 11 is 1.52. The molecule has 0 spiro atoms. The van der Waals surface area contributed by atoms with E-state index in [4.69, 9.17) is 0 Å². The maximum Gasteiger partial charge on any atom is 0.232 e. The Hall–Kier alpha value is -0.940. The zero-order valence-electron chi connectivity index (χ0n) is 10.3. The summed E-state index contributed by atoms with van der Waals surface area (Å²) in [6.07, 6.45) is 0. The SMILES string of the molecule is CCN(C(=O)C(C)CNC)c1nc(C)cs1. The molecule has 90 valence electrons. The van der Waals surface area contributed by atoms with E-state index in [2.05, 4.69) is 10.3 Å². The van der Waals surface area contributed by atoms with Crippen LogP contribution in [0.4, 0.5) is 5.13 Å². The van der Waals surface area contributed by atoms with Crippen LogP contribution in [0.5, 0.6) is 0 Å². The number of thiazole rings is 1. The normalized spacial score (nSPS) is 12.5. The average Bonchev–Trinajstić information content (AvgIpc) is 2.66. The van der Waals surface area contributed by atoms with Crippen molar-refractivity contribution < 1.29 is 4.79 Å². The lowest BCUT2D eigenvalue weighted by Crippen LogP contribution is -2.38. The van der Waals surface area contributed by atoms with Crippen molar-refractivity contribution in [3.05, 3.63) is 11.1 Å². The van der Waals surface area contributed by atoms with E-state index in [1.54, 1.807) is 4.90 Å². The van der Waals surface area contributed by atoms with Gasteiger partial charge in [0.25, 0.3) is 0 Å². The summed E-state index contributed by atoms with van der Waals surface area (Å²) in [6, 6.07) is 0. The van der Waals surface area contributed by atoms with Gasteiger partial charge in [-0.25, -0.2) is 4.98 Å². The van der Waals surface area contributed by atoms with E-state index in [0.29, 0.717) is 13.1 Å². The van der Waals surface area contributed by atoms with Gasteiger partial charge < -0.3 is 5.32 Å². The second-order valence-corrected chi connectivity index (χ2v) is 4.65. The summed E-state index contributed by atoms with van der Waals surface area (Å²) in [5.41, 5.74) is 0.965. The van der Waals surface area contributed by atoms with Crippen LogP contribution in [0.3, 0.4) is 0 Å². The molecule has 4 nitrogen and oxygen atoms in total. The van der Waals surface area contributed by atoms with Crippen molar-refractivity contribution in [2.75, 3.05) is 25.0 Å². The molecule has 1 aromatic rings. The van der Waals surface area contributed by atoms with Crippen LogP contribution < -0.4 is 10.2 Å². The first-order valence-electron chi connectivity index (χ1n) is 5.48. The molecule has 0 radical (unpaired) electrons. The van der Waals surface area contributed by atoms with Crippen LogP contribution in [0.15, 0.2) is 5.38 Å². The first-order chi connectivity index (χ1) is 7.60.